The number of thiophene rings is 1. The molecular formula is C15H20N2OS. The van der Waals surface area contributed by atoms with E-state index in [1.807, 2.05) is 25.3 Å². The number of aryl methyl sites for hydroxylation is 1. The molecule has 0 unspecified atom stereocenters. The van der Waals surface area contributed by atoms with Crippen molar-refractivity contribution in [1.82, 2.24) is 10.2 Å². The monoisotopic (exact) mass is 276 g/mol. The second-order valence-electron chi connectivity index (χ2n) is 5.15. The molecule has 1 aliphatic heterocycles. The summed E-state index contributed by atoms with van der Waals surface area (Å²) < 4.78 is 5.86. The predicted octanol–water partition coefficient (Wildman–Crippen LogP) is 2.93. The van der Waals surface area contributed by atoms with Gasteiger partial charge in [0.15, 0.2) is 0 Å². The Bertz CT molecular complexity index is 558. The van der Waals surface area contributed by atoms with Crippen LogP contribution >= 0.6 is 11.3 Å². The van der Waals surface area contributed by atoms with Gasteiger partial charge in [0, 0.05) is 30.1 Å². The lowest BCUT2D eigenvalue weighted by Gasteiger charge is -2.25. The summed E-state index contributed by atoms with van der Waals surface area (Å²) >= 11 is 1.89. The minimum atomic E-state index is 0.879. The molecule has 0 amide bonds. The van der Waals surface area contributed by atoms with Crippen molar-refractivity contribution in [1.29, 1.82) is 0 Å². The molecule has 1 N–H and O–H groups in total. The van der Waals surface area contributed by atoms with Gasteiger partial charge in [-0.2, -0.15) is 0 Å². The van der Waals surface area contributed by atoms with E-state index in [2.05, 4.69) is 27.7 Å². The minimum absolute atomic E-state index is 0.879. The van der Waals surface area contributed by atoms with Crippen molar-refractivity contribution in [2.24, 2.45) is 0 Å². The Morgan fingerprint density at radius 1 is 1.47 bits per heavy atom. The third-order valence-electron chi connectivity index (χ3n) is 3.71. The molecule has 0 aliphatic carbocycles. The molecule has 0 radical (unpaired) electrons. The van der Waals surface area contributed by atoms with E-state index in [0.29, 0.717) is 0 Å². The predicted molar refractivity (Wildman–Crippen MR) is 78.3 cm³/mol. The molecule has 2 aromatic rings. The summed E-state index contributed by atoms with van der Waals surface area (Å²) in [6.07, 6.45) is 1.18. The van der Waals surface area contributed by atoms with E-state index in [9.17, 15) is 0 Å². The Morgan fingerprint density at radius 3 is 3.21 bits per heavy atom. The van der Waals surface area contributed by atoms with Crippen LogP contribution in [-0.4, -0.2) is 18.5 Å². The second-order valence-corrected chi connectivity index (χ2v) is 6.15. The molecule has 3 nitrogen and oxygen atoms in total. The molecule has 1 aliphatic rings. The van der Waals surface area contributed by atoms with E-state index < -0.39 is 0 Å². The highest BCUT2D eigenvalue weighted by Crippen LogP contribution is 2.25. The third-order valence-corrected chi connectivity index (χ3v) is 4.73. The highest BCUT2D eigenvalue weighted by Gasteiger charge is 2.18. The lowest BCUT2D eigenvalue weighted by Crippen LogP contribution is -2.28. The average molecular weight is 276 g/mol. The molecule has 0 spiro atoms. The Kier molecular flexibility index (Phi) is 3.73. The number of rotatable bonds is 4. The van der Waals surface area contributed by atoms with Gasteiger partial charge in [0.1, 0.15) is 11.5 Å². The van der Waals surface area contributed by atoms with Gasteiger partial charge in [-0.1, -0.05) is 0 Å². The van der Waals surface area contributed by atoms with Gasteiger partial charge in [0.25, 0.3) is 0 Å². The van der Waals surface area contributed by atoms with Crippen LogP contribution in [0.4, 0.5) is 0 Å². The standard InChI is InChI=1S/C15H20N2OS/c1-11-13(8-16-2)7-14(18-11)10-17-5-3-15-12(9-17)4-6-19-15/h4,6-7,16H,3,5,8-10H2,1-2H3. The normalized spacial score (nSPS) is 15.7. The van der Waals surface area contributed by atoms with Crippen LogP contribution in [0.5, 0.6) is 0 Å². The highest BCUT2D eigenvalue weighted by molar-refractivity contribution is 7.10. The van der Waals surface area contributed by atoms with Crippen LogP contribution in [0.25, 0.3) is 0 Å². The summed E-state index contributed by atoms with van der Waals surface area (Å²) in [5, 5.41) is 5.38. The molecule has 0 atom stereocenters. The van der Waals surface area contributed by atoms with Crippen LogP contribution in [0.15, 0.2) is 21.9 Å². The van der Waals surface area contributed by atoms with Gasteiger partial charge in [0.2, 0.25) is 0 Å². The number of fused-ring (bicyclic) bond motifs is 1. The Morgan fingerprint density at radius 2 is 2.37 bits per heavy atom. The third kappa shape index (κ3) is 2.76. The molecule has 0 aromatic carbocycles. The maximum absolute atomic E-state index is 5.86. The average Bonchev–Trinajstić information content (AvgIpc) is 2.97. The van der Waals surface area contributed by atoms with E-state index in [1.165, 1.54) is 17.5 Å². The summed E-state index contributed by atoms with van der Waals surface area (Å²) in [5.41, 5.74) is 2.76. The first-order valence-corrected chi connectivity index (χ1v) is 7.64. The van der Waals surface area contributed by atoms with Gasteiger partial charge in [-0.3, -0.25) is 4.90 Å². The van der Waals surface area contributed by atoms with E-state index in [0.717, 1.165) is 37.7 Å². The smallest absolute Gasteiger partial charge is 0.118 e. The van der Waals surface area contributed by atoms with Gasteiger partial charge in [-0.05, 0) is 43.5 Å². The van der Waals surface area contributed by atoms with Gasteiger partial charge in [0.05, 0.1) is 6.54 Å². The summed E-state index contributed by atoms with van der Waals surface area (Å²) in [7, 11) is 1.97. The Labute approximate surface area is 118 Å². The van der Waals surface area contributed by atoms with Gasteiger partial charge >= 0.3 is 0 Å². The molecular weight excluding hydrogens is 256 g/mol. The fraction of sp³-hybridized carbons (Fsp3) is 0.467. The van der Waals surface area contributed by atoms with E-state index in [1.54, 1.807) is 4.88 Å². The lowest BCUT2D eigenvalue weighted by atomic mass is 10.1. The summed E-state index contributed by atoms with van der Waals surface area (Å²) in [4.78, 5) is 4.03. The minimum Gasteiger partial charge on any atom is -0.465 e. The van der Waals surface area contributed by atoms with E-state index in [-0.39, 0.29) is 0 Å². The van der Waals surface area contributed by atoms with Crippen LogP contribution in [0.2, 0.25) is 0 Å². The van der Waals surface area contributed by atoms with Crippen LogP contribution in [0, 0.1) is 6.92 Å². The summed E-state index contributed by atoms with van der Waals surface area (Å²) in [5.74, 6) is 2.12. The fourth-order valence-electron chi connectivity index (χ4n) is 2.69. The number of hydrogen-bond donors (Lipinski definition) is 1. The zero-order valence-corrected chi connectivity index (χ0v) is 12.3. The number of furan rings is 1. The van der Waals surface area contributed by atoms with E-state index >= 15 is 0 Å². The Balaban J connectivity index is 1.67. The van der Waals surface area contributed by atoms with Crippen LogP contribution in [-0.2, 0) is 26.1 Å². The summed E-state index contributed by atoms with van der Waals surface area (Å²) in [6, 6.07) is 4.45. The largest absolute Gasteiger partial charge is 0.465 e. The van der Waals surface area contributed by atoms with E-state index in [4.69, 9.17) is 4.42 Å². The van der Waals surface area contributed by atoms with Gasteiger partial charge < -0.3 is 9.73 Å². The number of nitrogens with zero attached hydrogens (tertiary/aromatic N) is 1. The molecule has 3 heterocycles. The Hall–Kier alpha value is -1.10. The first-order valence-electron chi connectivity index (χ1n) is 6.76. The van der Waals surface area contributed by atoms with Crippen molar-refractivity contribution in [2.45, 2.75) is 33.0 Å². The molecule has 19 heavy (non-hydrogen) atoms. The van der Waals surface area contributed by atoms with Crippen LogP contribution in [0.1, 0.15) is 27.5 Å². The molecule has 3 rings (SSSR count). The maximum Gasteiger partial charge on any atom is 0.118 e. The zero-order valence-electron chi connectivity index (χ0n) is 11.5. The highest BCUT2D eigenvalue weighted by atomic mass is 32.1. The number of hydrogen-bond acceptors (Lipinski definition) is 4. The van der Waals surface area contributed by atoms with Crippen molar-refractivity contribution in [3.05, 3.63) is 45.0 Å². The molecule has 0 saturated carbocycles. The van der Waals surface area contributed by atoms with Gasteiger partial charge in [-0.25, -0.2) is 0 Å². The fourth-order valence-corrected chi connectivity index (χ4v) is 3.58. The molecule has 0 saturated heterocycles. The van der Waals surface area contributed by atoms with Crippen LogP contribution in [0.3, 0.4) is 0 Å². The molecule has 0 fully saturated rings. The molecule has 0 bridgehead atoms. The van der Waals surface area contributed by atoms with Crippen molar-refractivity contribution in [3.63, 3.8) is 0 Å². The van der Waals surface area contributed by atoms with Crippen molar-refractivity contribution in [2.75, 3.05) is 13.6 Å². The zero-order chi connectivity index (χ0) is 13.2. The van der Waals surface area contributed by atoms with Crippen molar-refractivity contribution < 1.29 is 4.42 Å². The topological polar surface area (TPSA) is 28.4 Å². The second kappa shape index (κ2) is 5.49. The maximum atomic E-state index is 5.86. The van der Waals surface area contributed by atoms with Gasteiger partial charge in [-0.15, -0.1) is 11.3 Å². The van der Waals surface area contributed by atoms with Crippen molar-refractivity contribution in [3.8, 4) is 0 Å². The SMILES string of the molecule is CNCc1cc(CN2CCc3sccc3C2)oc1C. The lowest BCUT2D eigenvalue weighted by molar-refractivity contribution is 0.226. The van der Waals surface area contributed by atoms with Crippen molar-refractivity contribution >= 4 is 11.3 Å². The molecule has 2 aromatic heterocycles. The number of nitrogens with one attached hydrogen (secondary N) is 1. The molecule has 102 valence electrons. The first-order chi connectivity index (χ1) is 9.26. The quantitative estimate of drug-likeness (QED) is 0.930. The molecule has 4 heteroatoms. The first kappa shape index (κ1) is 12.9. The summed E-state index contributed by atoms with van der Waals surface area (Å²) in [6.45, 7) is 6.03. The van der Waals surface area contributed by atoms with Crippen LogP contribution < -0.4 is 5.32 Å².